The summed E-state index contributed by atoms with van der Waals surface area (Å²) >= 11 is 3.50. The molecule has 1 unspecified atom stereocenters. The first kappa shape index (κ1) is 21.4. The van der Waals surface area contributed by atoms with Gasteiger partial charge in [-0.2, -0.15) is 0 Å². The Morgan fingerprint density at radius 3 is 2.42 bits per heavy atom. The number of carbonyl (C=O) groups excluding carboxylic acids is 1. The first-order valence-corrected chi connectivity index (χ1v) is 11.0. The number of fused-ring (bicyclic) bond motifs is 1. The Morgan fingerprint density at radius 1 is 1.03 bits per heavy atom. The molecule has 6 heteroatoms. The van der Waals surface area contributed by atoms with Crippen LogP contribution >= 0.6 is 15.9 Å². The first-order chi connectivity index (χ1) is 15.1. The van der Waals surface area contributed by atoms with Crippen LogP contribution in [0.3, 0.4) is 0 Å². The summed E-state index contributed by atoms with van der Waals surface area (Å²) < 4.78 is 11.9. The number of hydrogen-bond donors (Lipinski definition) is 1. The summed E-state index contributed by atoms with van der Waals surface area (Å²) in [6.45, 7) is 1.06. The Hall–Kier alpha value is -2.83. The van der Waals surface area contributed by atoms with Crippen molar-refractivity contribution in [3.05, 3.63) is 87.9 Å². The summed E-state index contributed by atoms with van der Waals surface area (Å²) in [5.74, 6) is 1.38. The summed E-state index contributed by atoms with van der Waals surface area (Å²) in [6, 6.07) is 22.0. The molecule has 0 aliphatic carbocycles. The van der Waals surface area contributed by atoms with Gasteiger partial charge < -0.3 is 14.8 Å². The Bertz CT molecular complexity index is 1070. The number of nitrogens with zero attached hydrogens (tertiary/aromatic N) is 1. The number of anilines is 1. The van der Waals surface area contributed by atoms with E-state index in [-0.39, 0.29) is 18.5 Å². The minimum atomic E-state index is -0.0466. The van der Waals surface area contributed by atoms with Crippen LogP contribution in [0, 0.1) is 0 Å². The SMILES string of the molecule is COc1cc2c(cc1OC)C(c1ccccc1)N(CC(=O)Nc1ccccc1Br)CC2. The molecule has 3 aromatic carbocycles. The minimum absolute atomic E-state index is 0.0447. The summed E-state index contributed by atoms with van der Waals surface area (Å²) in [4.78, 5) is 15.1. The second kappa shape index (κ2) is 9.54. The molecule has 0 radical (unpaired) electrons. The van der Waals surface area contributed by atoms with Crippen LogP contribution in [0.15, 0.2) is 71.2 Å². The quantitative estimate of drug-likeness (QED) is 0.536. The molecule has 0 saturated carbocycles. The molecule has 1 atom stereocenters. The lowest BCUT2D eigenvalue weighted by Crippen LogP contribution is -2.41. The van der Waals surface area contributed by atoms with E-state index in [1.165, 1.54) is 5.56 Å². The molecule has 1 aliphatic rings. The van der Waals surface area contributed by atoms with Crippen LogP contribution in [-0.2, 0) is 11.2 Å². The lowest BCUT2D eigenvalue weighted by molar-refractivity contribution is -0.117. The topological polar surface area (TPSA) is 50.8 Å². The second-order valence-corrected chi connectivity index (χ2v) is 8.32. The molecular weight excluding hydrogens is 456 g/mol. The van der Waals surface area contributed by atoms with Gasteiger partial charge in [0.1, 0.15) is 0 Å². The largest absolute Gasteiger partial charge is 0.493 e. The average molecular weight is 481 g/mol. The predicted octanol–water partition coefficient (Wildman–Crippen LogP) is 5.05. The lowest BCUT2D eigenvalue weighted by atomic mass is 9.87. The third-order valence-corrected chi connectivity index (χ3v) is 6.27. The molecule has 0 bridgehead atoms. The highest BCUT2D eigenvalue weighted by Crippen LogP contribution is 2.40. The normalized spacial score (nSPS) is 15.8. The standard InChI is InChI=1S/C25H25BrN2O3/c1-30-22-14-18-12-13-28(16-24(29)27-21-11-7-6-10-20(21)26)25(17-8-4-3-5-9-17)19(18)15-23(22)31-2/h3-11,14-15,25H,12-13,16H2,1-2H3,(H,27,29). The summed E-state index contributed by atoms with van der Waals surface area (Å²) in [7, 11) is 3.30. The maximum absolute atomic E-state index is 12.9. The molecule has 0 aromatic heterocycles. The number of ether oxygens (including phenoxy) is 2. The van der Waals surface area contributed by atoms with Crippen molar-refractivity contribution in [2.24, 2.45) is 0 Å². The molecule has 5 nitrogen and oxygen atoms in total. The van der Waals surface area contributed by atoms with Gasteiger partial charge in [0.15, 0.2) is 11.5 Å². The molecule has 1 heterocycles. The van der Waals surface area contributed by atoms with Crippen LogP contribution < -0.4 is 14.8 Å². The van der Waals surface area contributed by atoms with E-state index in [0.29, 0.717) is 5.75 Å². The molecule has 160 valence electrons. The van der Waals surface area contributed by atoms with Crippen LogP contribution in [-0.4, -0.2) is 38.1 Å². The summed E-state index contributed by atoms with van der Waals surface area (Å²) in [5, 5.41) is 3.02. The summed E-state index contributed by atoms with van der Waals surface area (Å²) in [6.07, 6.45) is 0.835. The van der Waals surface area contributed by atoms with Gasteiger partial charge in [0.2, 0.25) is 5.91 Å². The Kier molecular flexibility index (Phi) is 6.59. The van der Waals surface area contributed by atoms with Crippen LogP contribution in [0.5, 0.6) is 11.5 Å². The number of benzene rings is 3. The smallest absolute Gasteiger partial charge is 0.238 e. The van der Waals surface area contributed by atoms with E-state index < -0.39 is 0 Å². The fraction of sp³-hybridized carbons (Fsp3) is 0.240. The highest BCUT2D eigenvalue weighted by atomic mass is 79.9. The van der Waals surface area contributed by atoms with Crippen LogP contribution in [0.1, 0.15) is 22.7 Å². The number of para-hydroxylation sites is 1. The number of nitrogens with one attached hydrogen (secondary N) is 1. The van der Waals surface area contributed by atoms with Crippen LogP contribution in [0.2, 0.25) is 0 Å². The molecule has 1 amide bonds. The highest BCUT2D eigenvalue weighted by molar-refractivity contribution is 9.10. The van der Waals surface area contributed by atoms with Crippen molar-refractivity contribution in [1.29, 1.82) is 0 Å². The second-order valence-electron chi connectivity index (χ2n) is 7.47. The molecule has 3 aromatic rings. The van der Waals surface area contributed by atoms with E-state index in [1.54, 1.807) is 14.2 Å². The van der Waals surface area contributed by atoms with Gasteiger partial charge in [0, 0.05) is 11.0 Å². The Balaban J connectivity index is 1.66. The third kappa shape index (κ3) is 4.60. The van der Waals surface area contributed by atoms with Crippen molar-refractivity contribution in [3.63, 3.8) is 0 Å². The van der Waals surface area contributed by atoms with Crippen molar-refractivity contribution in [2.45, 2.75) is 12.5 Å². The number of halogens is 1. The molecule has 0 spiro atoms. The van der Waals surface area contributed by atoms with Gasteiger partial charge in [-0.3, -0.25) is 9.69 Å². The highest BCUT2D eigenvalue weighted by Gasteiger charge is 2.31. The van der Waals surface area contributed by atoms with E-state index >= 15 is 0 Å². The average Bonchev–Trinajstić information content (AvgIpc) is 2.80. The first-order valence-electron chi connectivity index (χ1n) is 10.2. The van der Waals surface area contributed by atoms with E-state index in [0.717, 1.165) is 40.0 Å². The number of hydrogen-bond acceptors (Lipinski definition) is 4. The lowest BCUT2D eigenvalue weighted by Gasteiger charge is -2.37. The molecule has 0 saturated heterocycles. The minimum Gasteiger partial charge on any atom is -0.493 e. The van der Waals surface area contributed by atoms with Gasteiger partial charge in [0.05, 0.1) is 32.5 Å². The van der Waals surface area contributed by atoms with Crippen LogP contribution in [0.25, 0.3) is 0 Å². The zero-order valence-corrected chi connectivity index (χ0v) is 19.2. The van der Waals surface area contributed by atoms with Crippen molar-refractivity contribution in [3.8, 4) is 11.5 Å². The van der Waals surface area contributed by atoms with Gasteiger partial charge in [-0.15, -0.1) is 0 Å². The summed E-state index contributed by atoms with van der Waals surface area (Å²) in [5.41, 5.74) is 4.27. The number of rotatable bonds is 6. The van der Waals surface area contributed by atoms with E-state index in [9.17, 15) is 4.79 Å². The van der Waals surface area contributed by atoms with Gasteiger partial charge in [-0.1, -0.05) is 42.5 Å². The molecule has 1 N–H and O–H groups in total. The molecule has 1 aliphatic heterocycles. The Labute approximate surface area is 191 Å². The van der Waals surface area contributed by atoms with Crippen molar-refractivity contribution in [1.82, 2.24) is 4.90 Å². The van der Waals surface area contributed by atoms with Gasteiger partial charge in [-0.05, 0) is 63.3 Å². The van der Waals surface area contributed by atoms with Crippen molar-refractivity contribution >= 4 is 27.5 Å². The number of methoxy groups -OCH3 is 2. The van der Waals surface area contributed by atoms with Crippen LogP contribution in [0.4, 0.5) is 5.69 Å². The monoisotopic (exact) mass is 480 g/mol. The zero-order valence-electron chi connectivity index (χ0n) is 17.6. The molecule has 0 fully saturated rings. The number of carbonyl (C=O) groups is 1. The Morgan fingerprint density at radius 2 is 1.71 bits per heavy atom. The fourth-order valence-electron chi connectivity index (χ4n) is 4.13. The van der Waals surface area contributed by atoms with Gasteiger partial charge >= 0.3 is 0 Å². The molecular formula is C25H25BrN2O3. The van der Waals surface area contributed by atoms with Gasteiger partial charge in [0.25, 0.3) is 0 Å². The van der Waals surface area contributed by atoms with E-state index in [1.807, 2.05) is 48.5 Å². The third-order valence-electron chi connectivity index (χ3n) is 5.58. The maximum Gasteiger partial charge on any atom is 0.238 e. The van der Waals surface area contributed by atoms with E-state index in [2.05, 4.69) is 44.3 Å². The fourth-order valence-corrected chi connectivity index (χ4v) is 4.51. The predicted molar refractivity (Wildman–Crippen MR) is 126 cm³/mol. The van der Waals surface area contributed by atoms with E-state index in [4.69, 9.17) is 9.47 Å². The maximum atomic E-state index is 12.9. The molecule has 4 rings (SSSR count). The van der Waals surface area contributed by atoms with Crippen molar-refractivity contribution in [2.75, 3.05) is 32.6 Å². The van der Waals surface area contributed by atoms with Gasteiger partial charge in [-0.25, -0.2) is 0 Å². The zero-order chi connectivity index (χ0) is 21.8. The molecule has 31 heavy (non-hydrogen) atoms. The number of amides is 1. The van der Waals surface area contributed by atoms with Crippen molar-refractivity contribution < 1.29 is 14.3 Å².